The van der Waals surface area contributed by atoms with Crippen molar-refractivity contribution in [2.24, 2.45) is 7.05 Å². The Morgan fingerprint density at radius 3 is 2.77 bits per heavy atom. The van der Waals surface area contributed by atoms with E-state index in [-0.39, 0.29) is 11.0 Å². The molecule has 5 heteroatoms. The summed E-state index contributed by atoms with van der Waals surface area (Å²) in [5, 5.41) is 1.29. The second-order valence-electron chi connectivity index (χ2n) is 8.33. The van der Waals surface area contributed by atoms with Gasteiger partial charge in [-0.2, -0.15) is 0 Å². The third-order valence-corrected chi connectivity index (χ3v) is 5.23. The average molecular weight is 350 g/mol. The molecule has 136 valence electrons. The van der Waals surface area contributed by atoms with Crippen LogP contribution in [-0.4, -0.2) is 26.0 Å². The SMILES string of the molecule is Cn1cc(CN2CCc3nc(C(C)(C)C)[nH]c(=O)c3C2)c2ccccc21. The van der Waals surface area contributed by atoms with Crippen molar-refractivity contribution in [2.45, 2.75) is 45.7 Å². The molecule has 1 aliphatic heterocycles. The fourth-order valence-corrected chi connectivity index (χ4v) is 3.76. The molecule has 0 unspecified atom stereocenters. The van der Waals surface area contributed by atoms with E-state index >= 15 is 0 Å². The van der Waals surface area contributed by atoms with E-state index in [0.717, 1.165) is 36.6 Å². The number of aryl methyl sites for hydroxylation is 1. The van der Waals surface area contributed by atoms with Crippen molar-refractivity contribution >= 4 is 10.9 Å². The van der Waals surface area contributed by atoms with Crippen LogP contribution in [0.4, 0.5) is 0 Å². The van der Waals surface area contributed by atoms with Crippen LogP contribution in [0, 0.1) is 0 Å². The first-order valence-electron chi connectivity index (χ1n) is 9.21. The summed E-state index contributed by atoms with van der Waals surface area (Å²) in [7, 11) is 2.08. The summed E-state index contributed by atoms with van der Waals surface area (Å²) in [6.45, 7) is 8.66. The average Bonchev–Trinajstić information content (AvgIpc) is 2.91. The molecule has 0 spiro atoms. The molecule has 0 saturated carbocycles. The summed E-state index contributed by atoms with van der Waals surface area (Å²) in [5.41, 5.74) is 4.21. The fourth-order valence-electron chi connectivity index (χ4n) is 3.76. The van der Waals surface area contributed by atoms with Crippen LogP contribution in [0.25, 0.3) is 10.9 Å². The molecule has 0 saturated heterocycles. The first-order chi connectivity index (χ1) is 12.3. The Balaban J connectivity index is 1.62. The van der Waals surface area contributed by atoms with E-state index in [1.165, 1.54) is 16.5 Å². The van der Waals surface area contributed by atoms with Crippen molar-refractivity contribution in [3.05, 3.63) is 63.5 Å². The van der Waals surface area contributed by atoms with Crippen molar-refractivity contribution < 1.29 is 0 Å². The topological polar surface area (TPSA) is 53.9 Å². The minimum atomic E-state index is -0.145. The molecule has 1 aliphatic rings. The van der Waals surface area contributed by atoms with Gasteiger partial charge in [0.2, 0.25) is 0 Å². The Hall–Kier alpha value is -2.40. The van der Waals surface area contributed by atoms with Gasteiger partial charge >= 0.3 is 0 Å². The van der Waals surface area contributed by atoms with Gasteiger partial charge in [-0.1, -0.05) is 39.0 Å². The van der Waals surface area contributed by atoms with Gasteiger partial charge in [-0.25, -0.2) is 4.98 Å². The number of hydrogen-bond acceptors (Lipinski definition) is 3. The largest absolute Gasteiger partial charge is 0.350 e. The number of nitrogens with zero attached hydrogens (tertiary/aromatic N) is 3. The van der Waals surface area contributed by atoms with Crippen LogP contribution in [0.5, 0.6) is 0 Å². The maximum absolute atomic E-state index is 12.6. The summed E-state index contributed by atoms with van der Waals surface area (Å²) in [6.07, 6.45) is 3.03. The number of para-hydroxylation sites is 1. The van der Waals surface area contributed by atoms with E-state index in [1.54, 1.807) is 0 Å². The maximum Gasteiger partial charge on any atom is 0.255 e. The number of H-pyrrole nitrogens is 1. The van der Waals surface area contributed by atoms with Gasteiger partial charge in [-0.15, -0.1) is 0 Å². The molecule has 4 rings (SSSR count). The molecule has 26 heavy (non-hydrogen) atoms. The number of aromatic amines is 1. The molecular formula is C21H26N4O. The monoisotopic (exact) mass is 350 g/mol. The summed E-state index contributed by atoms with van der Waals surface area (Å²) in [4.78, 5) is 22.7. The second-order valence-corrected chi connectivity index (χ2v) is 8.33. The van der Waals surface area contributed by atoms with Crippen LogP contribution >= 0.6 is 0 Å². The van der Waals surface area contributed by atoms with E-state index in [2.05, 4.69) is 72.7 Å². The van der Waals surface area contributed by atoms with Crippen LogP contribution < -0.4 is 5.56 Å². The zero-order chi connectivity index (χ0) is 18.5. The number of nitrogens with one attached hydrogen (secondary N) is 1. The third kappa shape index (κ3) is 2.97. The molecule has 0 atom stereocenters. The highest BCUT2D eigenvalue weighted by Crippen LogP contribution is 2.25. The van der Waals surface area contributed by atoms with E-state index in [4.69, 9.17) is 4.98 Å². The van der Waals surface area contributed by atoms with Crippen LogP contribution in [0.2, 0.25) is 0 Å². The van der Waals surface area contributed by atoms with Crippen molar-refractivity contribution in [2.75, 3.05) is 6.54 Å². The molecule has 3 heterocycles. The van der Waals surface area contributed by atoms with Gasteiger partial charge < -0.3 is 9.55 Å². The maximum atomic E-state index is 12.6. The number of rotatable bonds is 2. The minimum absolute atomic E-state index is 0.0162. The highest BCUT2D eigenvalue weighted by atomic mass is 16.1. The van der Waals surface area contributed by atoms with E-state index in [0.29, 0.717) is 6.54 Å². The zero-order valence-electron chi connectivity index (χ0n) is 16.0. The molecule has 0 amide bonds. The van der Waals surface area contributed by atoms with Crippen LogP contribution in [0.15, 0.2) is 35.3 Å². The zero-order valence-corrected chi connectivity index (χ0v) is 16.0. The molecule has 0 radical (unpaired) electrons. The van der Waals surface area contributed by atoms with Gasteiger partial charge in [-0.05, 0) is 11.6 Å². The molecule has 2 aromatic heterocycles. The second kappa shape index (κ2) is 6.09. The normalized spacial score (nSPS) is 15.4. The quantitative estimate of drug-likeness (QED) is 0.773. The molecule has 0 bridgehead atoms. The molecular weight excluding hydrogens is 324 g/mol. The lowest BCUT2D eigenvalue weighted by molar-refractivity contribution is 0.241. The summed E-state index contributed by atoms with van der Waals surface area (Å²) >= 11 is 0. The first kappa shape index (κ1) is 17.0. The van der Waals surface area contributed by atoms with E-state index < -0.39 is 0 Å². The van der Waals surface area contributed by atoms with Gasteiger partial charge in [-0.3, -0.25) is 9.69 Å². The fraction of sp³-hybridized carbons (Fsp3) is 0.429. The summed E-state index contributed by atoms with van der Waals surface area (Å²) in [5.74, 6) is 0.781. The highest BCUT2D eigenvalue weighted by Gasteiger charge is 2.25. The Bertz CT molecular complexity index is 1020. The smallest absolute Gasteiger partial charge is 0.255 e. The Morgan fingerprint density at radius 2 is 2.00 bits per heavy atom. The first-order valence-corrected chi connectivity index (χ1v) is 9.21. The summed E-state index contributed by atoms with van der Waals surface area (Å²) in [6, 6.07) is 8.47. The molecule has 1 N–H and O–H groups in total. The van der Waals surface area contributed by atoms with Crippen LogP contribution in [0.3, 0.4) is 0 Å². The van der Waals surface area contributed by atoms with Crippen molar-refractivity contribution in [1.82, 2.24) is 19.4 Å². The molecule has 5 nitrogen and oxygen atoms in total. The van der Waals surface area contributed by atoms with E-state index in [1.807, 2.05) is 0 Å². The molecule has 3 aromatic rings. The molecule has 0 aliphatic carbocycles. The van der Waals surface area contributed by atoms with Gasteiger partial charge in [0.05, 0.1) is 11.3 Å². The number of aromatic nitrogens is 3. The number of fused-ring (bicyclic) bond motifs is 2. The Kier molecular flexibility index (Phi) is 3.99. The number of hydrogen-bond donors (Lipinski definition) is 1. The van der Waals surface area contributed by atoms with Crippen molar-refractivity contribution in [1.29, 1.82) is 0 Å². The van der Waals surface area contributed by atoms with Gasteiger partial charge in [0.15, 0.2) is 0 Å². The van der Waals surface area contributed by atoms with Gasteiger partial charge in [0.1, 0.15) is 5.82 Å². The third-order valence-electron chi connectivity index (χ3n) is 5.23. The van der Waals surface area contributed by atoms with Crippen LogP contribution in [0.1, 0.15) is 43.4 Å². The minimum Gasteiger partial charge on any atom is -0.350 e. The lowest BCUT2D eigenvalue weighted by atomic mass is 9.95. The van der Waals surface area contributed by atoms with Gasteiger partial charge in [0, 0.05) is 55.6 Å². The molecule has 0 fully saturated rings. The van der Waals surface area contributed by atoms with E-state index in [9.17, 15) is 4.79 Å². The van der Waals surface area contributed by atoms with Crippen molar-refractivity contribution in [3.8, 4) is 0 Å². The summed E-state index contributed by atoms with van der Waals surface area (Å²) < 4.78 is 2.17. The lowest BCUT2D eigenvalue weighted by Gasteiger charge is -2.28. The standard InChI is InChI=1S/C21H26N4O/c1-21(2,3)20-22-17-9-10-25(13-16(17)19(26)23-20)12-14-11-24(4)18-8-6-5-7-15(14)18/h5-8,11H,9-10,12-13H2,1-4H3,(H,22,23,26). The Labute approximate surface area is 153 Å². The van der Waals surface area contributed by atoms with Crippen LogP contribution in [-0.2, 0) is 32.0 Å². The highest BCUT2D eigenvalue weighted by molar-refractivity contribution is 5.83. The Morgan fingerprint density at radius 1 is 1.23 bits per heavy atom. The van der Waals surface area contributed by atoms with Gasteiger partial charge in [0.25, 0.3) is 5.56 Å². The lowest BCUT2D eigenvalue weighted by Crippen LogP contribution is -2.37. The number of benzene rings is 1. The predicted octanol–water partition coefficient (Wildman–Crippen LogP) is 3.12. The molecule has 1 aromatic carbocycles. The predicted molar refractivity (Wildman–Crippen MR) is 104 cm³/mol. The van der Waals surface area contributed by atoms with Crippen molar-refractivity contribution in [3.63, 3.8) is 0 Å².